The van der Waals surface area contributed by atoms with Gasteiger partial charge >= 0.3 is 24.2 Å². The fourth-order valence-corrected chi connectivity index (χ4v) is 3.21. The molecule has 6 nitrogen and oxygen atoms in total. The first-order valence-electron chi connectivity index (χ1n) is 9.11. The zero-order valence-electron chi connectivity index (χ0n) is 17.4. The summed E-state index contributed by atoms with van der Waals surface area (Å²) in [6, 6.07) is 10.6. The number of nitrogens with zero attached hydrogens (tertiary/aromatic N) is 3. The van der Waals surface area contributed by atoms with Crippen LogP contribution in [0.3, 0.4) is 0 Å². The highest BCUT2D eigenvalue weighted by molar-refractivity contribution is 7.86. The van der Waals surface area contributed by atoms with Gasteiger partial charge in [0.2, 0.25) is 0 Å². The van der Waals surface area contributed by atoms with Crippen molar-refractivity contribution < 1.29 is 47.7 Å². The summed E-state index contributed by atoms with van der Waals surface area (Å²) in [6.07, 6.45) is -5.13. The van der Waals surface area contributed by atoms with Crippen LogP contribution in [0.15, 0.2) is 63.7 Å². The van der Waals surface area contributed by atoms with Gasteiger partial charge in [-0.25, -0.2) is 8.78 Å². The van der Waals surface area contributed by atoms with Crippen LogP contribution < -0.4 is 4.90 Å². The smallest absolute Gasteiger partial charge is 0.378 e. The van der Waals surface area contributed by atoms with Crippen LogP contribution in [0.5, 0.6) is 0 Å². The Kier molecular flexibility index (Phi) is 7.92. The Morgan fingerprint density at radius 1 is 0.853 bits per heavy atom. The number of anilines is 1. The first-order chi connectivity index (χ1) is 15.5. The zero-order chi connectivity index (χ0) is 25.9. The Morgan fingerprint density at radius 3 is 1.71 bits per heavy atom. The van der Waals surface area contributed by atoms with Crippen LogP contribution in [0.1, 0.15) is 0 Å². The van der Waals surface area contributed by atoms with Crippen molar-refractivity contribution in [3.63, 3.8) is 0 Å². The van der Waals surface area contributed by atoms with Gasteiger partial charge in [0, 0.05) is 19.8 Å². The lowest BCUT2D eigenvalue weighted by Crippen LogP contribution is -2.59. The van der Waals surface area contributed by atoms with Crippen LogP contribution in [0.25, 0.3) is 0 Å². The Morgan fingerprint density at radius 2 is 1.29 bits per heavy atom. The molecular formula is C19H17F8N3O3S. The molecule has 2 aromatic rings. The Balaban J connectivity index is 2.11. The van der Waals surface area contributed by atoms with Crippen LogP contribution in [0, 0.1) is 0 Å². The molecule has 0 aromatic heterocycles. The van der Waals surface area contributed by atoms with Gasteiger partial charge in [-0.05, 0) is 48.5 Å². The van der Waals surface area contributed by atoms with Crippen molar-refractivity contribution in [1.29, 1.82) is 0 Å². The molecule has 15 heteroatoms. The Labute approximate surface area is 189 Å². The molecule has 2 aromatic carbocycles. The van der Waals surface area contributed by atoms with Crippen molar-refractivity contribution in [2.24, 2.45) is 10.2 Å². The summed E-state index contributed by atoms with van der Waals surface area (Å²) >= 11 is 0. The number of benzene rings is 2. The predicted octanol–water partition coefficient (Wildman–Crippen LogP) is 6.04. The maximum Gasteiger partial charge on any atom is 0.380 e. The second-order valence-corrected chi connectivity index (χ2v) is 8.64. The standard InChI is InChI=1S/C19H17F8N3O3S/c1-30(2)14-7-3-12(4-8-14)28-29-13-5-9-15(10-6-13)34(31,32)33-11-17(22,23)19(26,27)18(24,25)16(20)21/h3-10,16H,11H2,1-2H3. The average molecular weight is 519 g/mol. The number of azo groups is 1. The molecule has 0 heterocycles. The van der Waals surface area contributed by atoms with Gasteiger partial charge in [-0.3, -0.25) is 4.18 Å². The summed E-state index contributed by atoms with van der Waals surface area (Å²) in [5.74, 6) is -18.9. The van der Waals surface area contributed by atoms with Crippen LogP contribution >= 0.6 is 0 Å². The van der Waals surface area contributed by atoms with Crippen LogP contribution in [-0.4, -0.2) is 53.3 Å². The maximum absolute atomic E-state index is 13.5. The van der Waals surface area contributed by atoms with Crippen molar-refractivity contribution in [2.45, 2.75) is 29.1 Å². The number of hydrogen-bond donors (Lipinski definition) is 0. The van der Waals surface area contributed by atoms with Crippen molar-refractivity contribution in [1.82, 2.24) is 0 Å². The Bertz CT molecular complexity index is 1110. The average Bonchev–Trinajstić information content (AvgIpc) is 2.76. The van der Waals surface area contributed by atoms with Gasteiger partial charge < -0.3 is 4.90 Å². The minimum Gasteiger partial charge on any atom is -0.378 e. The summed E-state index contributed by atoms with van der Waals surface area (Å²) < 4.78 is 131. The van der Waals surface area contributed by atoms with E-state index in [4.69, 9.17) is 0 Å². The minimum atomic E-state index is -6.58. The molecule has 2 rings (SSSR count). The van der Waals surface area contributed by atoms with Gasteiger partial charge in [0.1, 0.15) is 6.61 Å². The van der Waals surface area contributed by atoms with Gasteiger partial charge in [0.25, 0.3) is 10.1 Å². The lowest BCUT2D eigenvalue weighted by atomic mass is 10.1. The molecular weight excluding hydrogens is 502 g/mol. The van der Waals surface area contributed by atoms with E-state index >= 15 is 0 Å². The lowest BCUT2D eigenvalue weighted by molar-refractivity contribution is -0.342. The molecule has 0 saturated carbocycles. The molecule has 34 heavy (non-hydrogen) atoms. The molecule has 0 radical (unpaired) electrons. The lowest BCUT2D eigenvalue weighted by Gasteiger charge is -2.31. The largest absolute Gasteiger partial charge is 0.380 e. The van der Waals surface area contributed by atoms with Crippen LogP contribution in [-0.2, 0) is 14.3 Å². The molecule has 0 aliphatic carbocycles. The number of alkyl halides is 8. The fourth-order valence-electron chi connectivity index (χ4n) is 2.30. The predicted molar refractivity (Wildman–Crippen MR) is 105 cm³/mol. The monoisotopic (exact) mass is 519 g/mol. The van der Waals surface area contributed by atoms with Crippen LogP contribution in [0.2, 0.25) is 0 Å². The van der Waals surface area contributed by atoms with Crippen LogP contribution in [0.4, 0.5) is 52.2 Å². The topological polar surface area (TPSA) is 71.3 Å². The molecule has 188 valence electrons. The van der Waals surface area contributed by atoms with E-state index in [1.54, 1.807) is 24.3 Å². The van der Waals surface area contributed by atoms with Gasteiger partial charge in [0.15, 0.2) is 0 Å². The third kappa shape index (κ3) is 5.81. The molecule has 0 saturated heterocycles. The molecule has 0 spiro atoms. The van der Waals surface area contributed by atoms with Gasteiger partial charge in [-0.15, -0.1) is 0 Å². The molecule has 0 aliphatic rings. The third-order valence-electron chi connectivity index (χ3n) is 4.32. The normalized spacial score (nSPS) is 13.6. The zero-order valence-corrected chi connectivity index (χ0v) is 18.2. The van der Waals surface area contributed by atoms with Gasteiger partial charge in [0.05, 0.1) is 16.3 Å². The summed E-state index contributed by atoms with van der Waals surface area (Å²) in [6.45, 7) is -2.80. The summed E-state index contributed by atoms with van der Waals surface area (Å²) in [7, 11) is -1.47. The van der Waals surface area contributed by atoms with Gasteiger partial charge in [-0.1, -0.05) is 0 Å². The number of hydrogen-bond acceptors (Lipinski definition) is 6. The quantitative estimate of drug-likeness (QED) is 0.218. The summed E-state index contributed by atoms with van der Waals surface area (Å²) in [5.41, 5.74) is 1.47. The van der Waals surface area contributed by atoms with Gasteiger partial charge in [-0.2, -0.15) is 45.0 Å². The van der Waals surface area contributed by atoms with Crippen molar-refractivity contribution >= 4 is 27.2 Å². The molecule has 0 amide bonds. The first kappa shape index (κ1) is 27.4. The fraction of sp³-hybridized carbons (Fsp3) is 0.368. The molecule has 0 atom stereocenters. The summed E-state index contributed by atoms with van der Waals surface area (Å²) in [5, 5.41) is 7.75. The maximum atomic E-state index is 13.5. The molecule has 0 bridgehead atoms. The van der Waals surface area contributed by atoms with Crippen molar-refractivity contribution in [3.05, 3.63) is 48.5 Å². The first-order valence-corrected chi connectivity index (χ1v) is 10.5. The highest BCUT2D eigenvalue weighted by atomic mass is 32.2. The van der Waals surface area contributed by atoms with E-state index in [1.165, 1.54) is 0 Å². The van der Waals surface area contributed by atoms with E-state index < -0.39 is 45.8 Å². The van der Waals surface area contributed by atoms with E-state index in [1.807, 2.05) is 19.0 Å². The van der Waals surface area contributed by atoms with E-state index in [9.17, 15) is 43.5 Å². The van der Waals surface area contributed by atoms with Crippen molar-refractivity contribution in [2.75, 3.05) is 25.6 Å². The number of halogens is 8. The summed E-state index contributed by atoms with van der Waals surface area (Å²) in [4.78, 5) is 1.05. The number of rotatable bonds is 10. The van der Waals surface area contributed by atoms with E-state index in [0.717, 1.165) is 30.0 Å². The second kappa shape index (κ2) is 9.82. The van der Waals surface area contributed by atoms with Crippen molar-refractivity contribution in [3.8, 4) is 0 Å². The molecule has 0 N–H and O–H groups in total. The van der Waals surface area contributed by atoms with E-state index in [-0.39, 0.29) is 5.69 Å². The van der Waals surface area contributed by atoms with E-state index in [2.05, 4.69) is 14.4 Å². The SMILES string of the molecule is CN(C)c1ccc(N=Nc2ccc(S(=O)(=O)OCC(F)(F)C(F)(F)C(F)(F)C(F)F)cc2)cc1. The molecule has 0 fully saturated rings. The highest BCUT2D eigenvalue weighted by Gasteiger charge is 2.75. The second-order valence-electron chi connectivity index (χ2n) is 7.02. The molecule has 0 unspecified atom stereocenters. The third-order valence-corrected chi connectivity index (χ3v) is 5.60. The Hall–Kier alpha value is -2.81. The minimum absolute atomic E-state index is 0.115. The highest BCUT2D eigenvalue weighted by Crippen LogP contribution is 2.48. The van der Waals surface area contributed by atoms with E-state index in [0.29, 0.717) is 5.69 Å². The molecule has 0 aliphatic heterocycles.